The number of carbonyl (C=O) groups excluding carboxylic acids is 1. The van der Waals surface area contributed by atoms with Crippen LogP contribution in [0.2, 0.25) is 0 Å². The number of benzene rings is 3. The van der Waals surface area contributed by atoms with Gasteiger partial charge in [0.25, 0.3) is 21.5 Å². The predicted molar refractivity (Wildman–Crippen MR) is 196 cm³/mol. The van der Waals surface area contributed by atoms with E-state index in [1.807, 2.05) is 4.72 Å². The van der Waals surface area contributed by atoms with Gasteiger partial charge in [0, 0.05) is 49.7 Å². The standard InChI is InChI=1S/C37H29F2N7O8S/c1-3-14-45-20-22(18-41-36(45)51)21-8-12-25(13-9-21)55(53,54)43-30-17-28(38)27(16-29(30)39)33(47)42-31(35(49)50)15-23-10-11-24(19-40-23)46-34(48)26-6-4-5-7-32(26)44(2)37(46)52/h3-13,16-20,31,43H,1,14-15H2,2H3,(H,42,47)(H,49,50)/t31-/m0/s1. The molecular formula is C37H29F2N7O8S. The zero-order chi connectivity index (χ0) is 39.6. The lowest BCUT2D eigenvalue weighted by molar-refractivity contribution is -0.139. The molecule has 18 heteroatoms. The average Bonchev–Trinajstić information content (AvgIpc) is 3.16. The number of aromatic nitrogens is 5. The van der Waals surface area contributed by atoms with Gasteiger partial charge in [-0.05, 0) is 48.0 Å². The van der Waals surface area contributed by atoms with Crippen molar-refractivity contribution in [2.24, 2.45) is 7.05 Å². The fraction of sp³-hybridized carbons (Fsp3) is 0.108. The van der Waals surface area contributed by atoms with Crippen molar-refractivity contribution in [1.29, 1.82) is 0 Å². The molecule has 0 saturated heterocycles. The zero-order valence-electron chi connectivity index (χ0n) is 28.6. The number of rotatable bonds is 12. The quantitative estimate of drug-likeness (QED) is 0.155. The maximum atomic E-state index is 15.2. The molecule has 55 heavy (non-hydrogen) atoms. The first-order chi connectivity index (χ1) is 26.2. The topological polar surface area (TPSA) is 204 Å². The van der Waals surface area contributed by atoms with Gasteiger partial charge in [-0.15, -0.1) is 6.58 Å². The number of allylic oxidation sites excluding steroid dienone is 1. The lowest BCUT2D eigenvalue weighted by atomic mass is 10.1. The molecule has 3 aromatic heterocycles. The molecule has 1 atom stereocenters. The number of fused-ring (bicyclic) bond motifs is 1. The first kappa shape index (κ1) is 37.7. The third-order valence-electron chi connectivity index (χ3n) is 8.49. The molecule has 0 aliphatic carbocycles. The van der Waals surface area contributed by atoms with Crippen molar-refractivity contribution in [3.8, 4) is 16.8 Å². The number of nitrogens with one attached hydrogen (secondary N) is 2. The van der Waals surface area contributed by atoms with E-state index in [9.17, 15) is 37.5 Å². The monoisotopic (exact) mass is 769 g/mol. The van der Waals surface area contributed by atoms with Crippen molar-refractivity contribution in [2.45, 2.75) is 23.9 Å². The van der Waals surface area contributed by atoms with Gasteiger partial charge >= 0.3 is 17.3 Å². The first-order valence-electron chi connectivity index (χ1n) is 16.2. The summed E-state index contributed by atoms with van der Waals surface area (Å²) in [4.78, 5) is 70.6. The van der Waals surface area contributed by atoms with Crippen LogP contribution in [0.3, 0.4) is 0 Å². The lowest BCUT2D eigenvalue weighted by Gasteiger charge is -2.16. The zero-order valence-corrected chi connectivity index (χ0v) is 29.5. The number of hydrogen-bond donors (Lipinski definition) is 3. The van der Waals surface area contributed by atoms with Gasteiger partial charge < -0.3 is 10.4 Å². The minimum absolute atomic E-state index is 0.100. The molecule has 0 fully saturated rings. The average molecular weight is 770 g/mol. The second-order valence-electron chi connectivity index (χ2n) is 12.1. The number of nitrogens with zero attached hydrogens (tertiary/aromatic N) is 5. The summed E-state index contributed by atoms with van der Waals surface area (Å²) in [7, 11) is -2.97. The molecule has 6 aromatic rings. The molecule has 0 spiro atoms. The predicted octanol–water partition coefficient (Wildman–Crippen LogP) is 3.00. The van der Waals surface area contributed by atoms with Crippen molar-refractivity contribution in [3.63, 3.8) is 0 Å². The van der Waals surface area contributed by atoms with Crippen molar-refractivity contribution in [3.05, 3.63) is 158 Å². The third kappa shape index (κ3) is 7.70. The van der Waals surface area contributed by atoms with E-state index in [4.69, 9.17) is 0 Å². The largest absolute Gasteiger partial charge is 0.480 e. The smallest absolute Gasteiger partial charge is 0.347 e. The Hall–Kier alpha value is -7.08. The molecule has 0 bridgehead atoms. The lowest BCUT2D eigenvalue weighted by Crippen LogP contribution is -2.42. The number of amides is 1. The fourth-order valence-electron chi connectivity index (χ4n) is 5.65. The van der Waals surface area contributed by atoms with Crippen LogP contribution in [0.5, 0.6) is 0 Å². The minimum atomic E-state index is -4.47. The number of anilines is 1. The summed E-state index contributed by atoms with van der Waals surface area (Å²) >= 11 is 0. The number of carboxylic acids is 1. The summed E-state index contributed by atoms with van der Waals surface area (Å²) in [6, 6.07) is 13.7. The van der Waals surface area contributed by atoms with Crippen LogP contribution in [-0.4, -0.2) is 55.1 Å². The Morgan fingerprint density at radius 1 is 0.945 bits per heavy atom. The summed E-state index contributed by atoms with van der Waals surface area (Å²) in [6.45, 7) is 3.78. The molecule has 0 saturated carbocycles. The Balaban J connectivity index is 1.16. The Labute approximate surface area is 309 Å². The Bertz CT molecular complexity index is 2800. The highest BCUT2D eigenvalue weighted by Crippen LogP contribution is 2.25. The van der Waals surface area contributed by atoms with Gasteiger partial charge in [0.2, 0.25) is 0 Å². The van der Waals surface area contributed by atoms with Gasteiger partial charge in [-0.3, -0.25) is 28.4 Å². The van der Waals surface area contributed by atoms with Gasteiger partial charge in [-0.25, -0.2) is 41.1 Å². The van der Waals surface area contributed by atoms with Gasteiger partial charge in [-0.2, -0.15) is 0 Å². The van der Waals surface area contributed by atoms with E-state index in [0.717, 1.165) is 4.57 Å². The van der Waals surface area contributed by atoms with Gasteiger partial charge in [-0.1, -0.05) is 30.3 Å². The van der Waals surface area contributed by atoms with Crippen molar-refractivity contribution < 1.29 is 31.9 Å². The summed E-state index contributed by atoms with van der Waals surface area (Å²) in [5.74, 6) is -5.54. The number of aliphatic carboxylic acids is 1. The highest BCUT2D eigenvalue weighted by molar-refractivity contribution is 7.92. The molecular weight excluding hydrogens is 741 g/mol. The molecule has 280 valence electrons. The Morgan fingerprint density at radius 3 is 2.35 bits per heavy atom. The van der Waals surface area contributed by atoms with Crippen LogP contribution in [-0.2, 0) is 34.8 Å². The maximum Gasteiger partial charge on any atom is 0.347 e. The van der Waals surface area contributed by atoms with E-state index in [1.54, 1.807) is 24.3 Å². The first-order valence-corrected chi connectivity index (χ1v) is 17.7. The highest BCUT2D eigenvalue weighted by atomic mass is 32.2. The molecule has 6 rings (SSSR count). The number of halogens is 2. The summed E-state index contributed by atoms with van der Waals surface area (Å²) in [5.41, 5.74) is -1.81. The Morgan fingerprint density at radius 2 is 1.67 bits per heavy atom. The van der Waals surface area contributed by atoms with E-state index < -0.39 is 74.2 Å². The van der Waals surface area contributed by atoms with E-state index >= 15 is 8.78 Å². The van der Waals surface area contributed by atoms with Crippen molar-refractivity contribution >= 4 is 38.5 Å². The number of carbonyl (C=O) groups is 2. The van der Waals surface area contributed by atoms with E-state index in [1.165, 1.54) is 77.2 Å². The molecule has 0 unspecified atom stereocenters. The highest BCUT2D eigenvalue weighted by Gasteiger charge is 2.26. The minimum Gasteiger partial charge on any atom is -0.480 e. The summed E-state index contributed by atoms with van der Waals surface area (Å²) in [6.07, 6.45) is 5.09. The number of hydrogen-bond acceptors (Lipinski definition) is 9. The molecule has 0 aliphatic heterocycles. The molecule has 3 heterocycles. The molecule has 3 aromatic carbocycles. The SMILES string of the molecule is C=CCn1cc(-c2ccc(S(=O)(=O)Nc3cc(F)c(C(=O)N[C@@H](Cc4ccc(-n5c(=O)c6ccccc6n(C)c5=O)cn4)C(=O)O)cc3F)cc2)cnc1=O. The maximum absolute atomic E-state index is 15.2. The van der Waals surface area contributed by atoms with Crippen molar-refractivity contribution in [1.82, 2.24) is 29.0 Å². The van der Waals surface area contributed by atoms with Gasteiger partial charge in [0.05, 0.1) is 38.9 Å². The third-order valence-corrected chi connectivity index (χ3v) is 9.87. The van der Waals surface area contributed by atoms with Crippen LogP contribution >= 0.6 is 0 Å². The van der Waals surface area contributed by atoms with Crippen LogP contribution < -0.4 is 27.0 Å². The van der Waals surface area contributed by atoms with Crippen LogP contribution in [0.4, 0.5) is 14.5 Å². The number of sulfonamides is 1. The molecule has 3 N–H and O–H groups in total. The van der Waals surface area contributed by atoms with E-state index in [-0.39, 0.29) is 28.2 Å². The molecule has 0 aliphatic rings. The number of aryl methyl sites for hydroxylation is 1. The second kappa shape index (κ2) is 15.1. The van der Waals surface area contributed by atoms with Gasteiger partial charge in [0.1, 0.15) is 17.7 Å². The Kier molecular flexibility index (Phi) is 10.3. The van der Waals surface area contributed by atoms with Crippen LogP contribution in [0.25, 0.3) is 27.7 Å². The fourth-order valence-corrected chi connectivity index (χ4v) is 6.71. The molecule has 1 amide bonds. The normalized spacial score (nSPS) is 11.9. The number of pyridine rings is 1. The summed E-state index contributed by atoms with van der Waals surface area (Å²) in [5, 5.41) is 12.2. The van der Waals surface area contributed by atoms with Crippen LogP contribution in [0, 0.1) is 11.6 Å². The summed E-state index contributed by atoms with van der Waals surface area (Å²) < 4.78 is 61.9. The van der Waals surface area contributed by atoms with Crippen LogP contribution in [0.15, 0.2) is 123 Å². The number of para-hydroxylation sites is 1. The van der Waals surface area contributed by atoms with E-state index in [2.05, 4.69) is 21.9 Å². The molecule has 0 radical (unpaired) electrons. The molecule has 15 nitrogen and oxygen atoms in total. The number of carboxylic acid groups (broad SMARTS) is 1. The van der Waals surface area contributed by atoms with Gasteiger partial charge in [0.15, 0.2) is 0 Å². The second-order valence-corrected chi connectivity index (χ2v) is 13.8. The van der Waals surface area contributed by atoms with Crippen molar-refractivity contribution in [2.75, 3.05) is 4.72 Å². The van der Waals surface area contributed by atoms with E-state index in [0.29, 0.717) is 28.8 Å². The van der Waals surface area contributed by atoms with Crippen LogP contribution in [0.1, 0.15) is 16.1 Å².